The molecule has 0 unspecified atom stereocenters. The second-order valence-corrected chi connectivity index (χ2v) is 6.04. The molecule has 0 radical (unpaired) electrons. The standard InChI is InChI=1S/C14H14BrF3O5/c1-13(2,3)23-12(21)22-10-8(14(16,17)18)5-4-7(6-15)9(10)11(19)20/h4-5H,6H2,1-3H3,(H,19,20). The fourth-order valence-electron chi connectivity index (χ4n) is 1.65. The molecular formula is C14H14BrF3O5. The van der Waals surface area contributed by atoms with E-state index >= 15 is 0 Å². The van der Waals surface area contributed by atoms with Gasteiger partial charge in [0.1, 0.15) is 11.2 Å². The van der Waals surface area contributed by atoms with Crippen molar-refractivity contribution in [2.45, 2.75) is 37.9 Å². The van der Waals surface area contributed by atoms with E-state index in [0.29, 0.717) is 6.07 Å². The van der Waals surface area contributed by atoms with Crippen molar-refractivity contribution in [2.24, 2.45) is 0 Å². The molecule has 1 aromatic rings. The quantitative estimate of drug-likeness (QED) is 0.457. The number of carbonyl (C=O) groups is 2. The number of alkyl halides is 4. The average Bonchev–Trinajstić information content (AvgIpc) is 2.33. The number of ether oxygens (including phenoxy) is 2. The van der Waals surface area contributed by atoms with Crippen LogP contribution < -0.4 is 4.74 Å². The zero-order chi connectivity index (χ0) is 18.0. The molecule has 0 aliphatic rings. The highest BCUT2D eigenvalue weighted by atomic mass is 79.9. The molecular weight excluding hydrogens is 385 g/mol. The van der Waals surface area contributed by atoms with Crippen LogP contribution in [-0.2, 0) is 16.2 Å². The van der Waals surface area contributed by atoms with E-state index in [1.165, 1.54) is 20.8 Å². The first-order valence-electron chi connectivity index (χ1n) is 6.30. The summed E-state index contributed by atoms with van der Waals surface area (Å²) < 4.78 is 48.6. The van der Waals surface area contributed by atoms with Crippen LogP contribution in [0.2, 0.25) is 0 Å². The fourth-order valence-corrected chi connectivity index (χ4v) is 2.12. The molecule has 0 spiro atoms. The lowest BCUT2D eigenvalue weighted by Crippen LogP contribution is -2.27. The van der Waals surface area contributed by atoms with Crippen molar-refractivity contribution < 1.29 is 37.3 Å². The molecule has 1 rings (SSSR count). The van der Waals surface area contributed by atoms with Gasteiger partial charge in [0.05, 0.1) is 5.56 Å². The number of carbonyl (C=O) groups excluding carboxylic acids is 1. The van der Waals surface area contributed by atoms with Gasteiger partial charge in [-0.05, 0) is 32.4 Å². The van der Waals surface area contributed by atoms with E-state index in [9.17, 15) is 27.9 Å². The normalized spacial score (nSPS) is 12.0. The fraction of sp³-hybridized carbons (Fsp3) is 0.429. The van der Waals surface area contributed by atoms with Gasteiger partial charge in [0.2, 0.25) is 0 Å². The minimum atomic E-state index is -4.90. The van der Waals surface area contributed by atoms with Crippen LogP contribution in [0, 0.1) is 0 Å². The Bertz CT molecular complexity index is 620. The van der Waals surface area contributed by atoms with Crippen molar-refractivity contribution >= 4 is 28.1 Å². The third-order valence-corrected chi connectivity index (χ3v) is 3.09. The Labute approximate surface area is 138 Å². The third kappa shape index (κ3) is 5.12. The molecule has 0 saturated heterocycles. The van der Waals surface area contributed by atoms with Crippen LogP contribution in [0.15, 0.2) is 12.1 Å². The van der Waals surface area contributed by atoms with Crippen molar-refractivity contribution in [3.05, 3.63) is 28.8 Å². The predicted molar refractivity (Wildman–Crippen MR) is 77.9 cm³/mol. The minimum absolute atomic E-state index is 0.0303. The number of benzene rings is 1. The van der Waals surface area contributed by atoms with E-state index in [-0.39, 0.29) is 10.9 Å². The smallest absolute Gasteiger partial charge is 0.478 e. The molecule has 0 heterocycles. The van der Waals surface area contributed by atoms with Gasteiger partial charge >= 0.3 is 18.3 Å². The summed E-state index contributed by atoms with van der Waals surface area (Å²) >= 11 is 2.98. The molecule has 0 saturated carbocycles. The van der Waals surface area contributed by atoms with Crippen molar-refractivity contribution in [2.75, 3.05) is 0 Å². The van der Waals surface area contributed by atoms with Crippen LogP contribution >= 0.6 is 15.9 Å². The first-order valence-corrected chi connectivity index (χ1v) is 7.42. The maximum Gasteiger partial charge on any atom is 0.514 e. The zero-order valence-corrected chi connectivity index (χ0v) is 14.0. The van der Waals surface area contributed by atoms with Gasteiger partial charge in [-0.25, -0.2) is 9.59 Å². The highest BCUT2D eigenvalue weighted by Crippen LogP contribution is 2.40. The topological polar surface area (TPSA) is 72.8 Å². The SMILES string of the molecule is CC(C)(C)OC(=O)Oc1c(C(F)(F)F)ccc(CBr)c1C(=O)O. The number of carboxylic acids is 1. The van der Waals surface area contributed by atoms with Gasteiger partial charge in [0.25, 0.3) is 0 Å². The summed E-state index contributed by atoms with van der Waals surface area (Å²) in [6.45, 7) is 4.48. The molecule has 128 valence electrons. The summed E-state index contributed by atoms with van der Waals surface area (Å²) in [6.07, 6.45) is -6.32. The van der Waals surface area contributed by atoms with Crippen LogP contribution in [0.5, 0.6) is 5.75 Å². The van der Waals surface area contributed by atoms with Crippen LogP contribution in [0.4, 0.5) is 18.0 Å². The average molecular weight is 399 g/mol. The number of hydrogen-bond donors (Lipinski definition) is 1. The Morgan fingerprint density at radius 2 is 1.78 bits per heavy atom. The largest absolute Gasteiger partial charge is 0.514 e. The molecule has 9 heteroatoms. The lowest BCUT2D eigenvalue weighted by Gasteiger charge is -2.21. The molecule has 0 aliphatic carbocycles. The summed E-state index contributed by atoms with van der Waals surface area (Å²) in [7, 11) is 0. The first-order chi connectivity index (χ1) is 10.4. The van der Waals surface area contributed by atoms with Gasteiger partial charge < -0.3 is 14.6 Å². The molecule has 5 nitrogen and oxygen atoms in total. The minimum Gasteiger partial charge on any atom is -0.478 e. The van der Waals surface area contributed by atoms with Gasteiger partial charge in [-0.2, -0.15) is 13.2 Å². The van der Waals surface area contributed by atoms with E-state index in [1.54, 1.807) is 0 Å². The van der Waals surface area contributed by atoms with Gasteiger partial charge in [-0.3, -0.25) is 0 Å². The Morgan fingerprint density at radius 1 is 1.22 bits per heavy atom. The Kier molecular flexibility index (Phi) is 5.68. The van der Waals surface area contributed by atoms with Crippen LogP contribution in [0.25, 0.3) is 0 Å². The molecule has 0 bridgehead atoms. The number of hydrogen-bond acceptors (Lipinski definition) is 4. The summed E-state index contributed by atoms with van der Waals surface area (Å²) in [5, 5.41) is 9.16. The lowest BCUT2D eigenvalue weighted by atomic mass is 10.0. The van der Waals surface area contributed by atoms with Crippen molar-refractivity contribution in [1.82, 2.24) is 0 Å². The Morgan fingerprint density at radius 3 is 2.17 bits per heavy atom. The van der Waals surface area contributed by atoms with E-state index in [1.807, 2.05) is 0 Å². The van der Waals surface area contributed by atoms with E-state index < -0.39 is 40.8 Å². The second-order valence-electron chi connectivity index (χ2n) is 5.48. The van der Waals surface area contributed by atoms with Gasteiger partial charge in [-0.1, -0.05) is 22.0 Å². The van der Waals surface area contributed by atoms with Crippen LogP contribution in [-0.4, -0.2) is 22.8 Å². The lowest BCUT2D eigenvalue weighted by molar-refractivity contribution is -0.138. The Hall–Kier alpha value is -1.77. The van der Waals surface area contributed by atoms with Crippen molar-refractivity contribution in [3.63, 3.8) is 0 Å². The molecule has 0 aromatic heterocycles. The molecule has 0 amide bonds. The van der Waals surface area contributed by atoms with E-state index in [4.69, 9.17) is 4.74 Å². The number of carboxylic acid groups (broad SMARTS) is 1. The summed E-state index contributed by atoms with van der Waals surface area (Å²) in [5.74, 6) is -2.74. The summed E-state index contributed by atoms with van der Waals surface area (Å²) in [6, 6.07) is 1.66. The monoisotopic (exact) mass is 398 g/mol. The van der Waals surface area contributed by atoms with Crippen molar-refractivity contribution in [1.29, 1.82) is 0 Å². The number of halogens is 4. The van der Waals surface area contributed by atoms with Gasteiger partial charge in [0, 0.05) is 5.33 Å². The zero-order valence-electron chi connectivity index (χ0n) is 12.5. The maximum atomic E-state index is 13.1. The van der Waals surface area contributed by atoms with Crippen LogP contribution in [0.3, 0.4) is 0 Å². The number of rotatable bonds is 3. The van der Waals surface area contributed by atoms with Crippen molar-refractivity contribution in [3.8, 4) is 5.75 Å². The highest BCUT2D eigenvalue weighted by Gasteiger charge is 2.38. The third-order valence-electron chi connectivity index (χ3n) is 2.48. The number of aromatic carboxylic acids is 1. The molecule has 23 heavy (non-hydrogen) atoms. The van der Waals surface area contributed by atoms with Gasteiger partial charge in [0.15, 0.2) is 5.75 Å². The van der Waals surface area contributed by atoms with E-state index in [0.717, 1.165) is 6.07 Å². The molecule has 1 N–H and O–H groups in total. The van der Waals surface area contributed by atoms with Gasteiger partial charge in [-0.15, -0.1) is 0 Å². The van der Waals surface area contributed by atoms with Crippen LogP contribution in [0.1, 0.15) is 42.3 Å². The first kappa shape index (κ1) is 19.3. The van der Waals surface area contributed by atoms with E-state index in [2.05, 4.69) is 20.7 Å². The summed E-state index contributed by atoms with van der Waals surface area (Å²) in [5.41, 5.74) is -3.09. The molecule has 0 fully saturated rings. The second kappa shape index (κ2) is 6.77. The molecule has 0 atom stereocenters. The predicted octanol–water partition coefficient (Wildman–Crippen LogP) is 4.61. The maximum absolute atomic E-state index is 13.1. The highest BCUT2D eigenvalue weighted by molar-refractivity contribution is 9.08. The molecule has 1 aromatic carbocycles. The Balaban J connectivity index is 3.46. The summed E-state index contributed by atoms with van der Waals surface area (Å²) in [4.78, 5) is 23.0. The molecule has 0 aliphatic heterocycles.